The summed E-state index contributed by atoms with van der Waals surface area (Å²) in [6, 6.07) is 7.79. The molecule has 4 aromatic rings. The van der Waals surface area contributed by atoms with Crippen molar-refractivity contribution in [2.24, 2.45) is 0 Å². The highest BCUT2D eigenvalue weighted by Gasteiger charge is 2.15. The lowest BCUT2D eigenvalue weighted by molar-refractivity contribution is 0.630. The molecule has 0 aliphatic rings. The fourth-order valence-corrected chi connectivity index (χ4v) is 2.48. The van der Waals surface area contributed by atoms with Gasteiger partial charge in [0.25, 0.3) is 0 Å². The molecule has 0 radical (unpaired) electrons. The second-order valence-corrected chi connectivity index (χ2v) is 5.55. The Morgan fingerprint density at radius 3 is 2.50 bits per heavy atom. The number of halogens is 3. The highest BCUT2D eigenvalue weighted by atomic mass is 35.5. The molecule has 0 amide bonds. The van der Waals surface area contributed by atoms with Gasteiger partial charge in [0.2, 0.25) is 0 Å². The minimum Gasteiger partial charge on any atom is -0.338 e. The first-order valence-corrected chi connectivity index (χ1v) is 7.70. The number of fused-ring (bicyclic) bond motifs is 1. The molecule has 0 bridgehead atoms. The SMILES string of the molecule is Cl.Fc1ccc(Cl)cc1-c1nc(Nc2ccncc2)c2nccnc2n1. The van der Waals surface area contributed by atoms with Gasteiger partial charge in [0.05, 0.1) is 5.56 Å². The lowest BCUT2D eigenvalue weighted by atomic mass is 10.2. The number of benzene rings is 1. The molecule has 0 saturated heterocycles. The Kier molecular flexibility index (Phi) is 5.20. The Morgan fingerprint density at radius 1 is 0.923 bits per heavy atom. The summed E-state index contributed by atoms with van der Waals surface area (Å²) in [5, 5.41) is 3.53. The highest BCUT2D eigenvalue weighted by Crippen LogP contribution is 2.28. The maximum Gasteiger partial charge on any atom is 0.184 e. The molecule has 0 aliphatic carbocycles. The summed E-state index contributed by atoms with van der Waals surface area (Å²) in [7, 11) is 0. The topological polar surface area (TPSA) is 76.5 Å². The molecule has 4 rings (SSSR count). The van der Waals surface area contributed by atoms with Crippen LogP contribution in [-0.2, 0) is 0 Å². The lowest BCUT2D eigenvalue weighted by Crippen LogP contribution is -2.02. The molecule has 1 N–H and O–H groups in total. The largest absolute Gasteiger partial charge is 0.338 e. The Balaban J connectivity index is 0.00000196. The van der Waals surface area contributed by atoms with Crippen LogP contribution in [0.25, 0.3) is 22.6 Å². The average molecular weight is 389 g/mol. The van der Waals surface area contributed by atoms with Crippen LogP contribution in [0, 0.1) is 5.82 Å². The van der Waals surface area contributed by atoms with Crippen LogP contribution in [-0.4, -0.2) is 24.9 Å². The molecule has 0 atom stereocenters. The second kappa shape index (κ2) is 7.55. The molecular weight excluding hydrogens is 378 g/mol. The molecule has 0 saturated carbocycles. The van der Waals surface area contributed by atoms with Crippen molar-refractivity contribution in [3.8, 4) is 11.4 Å². The van der Waals surface area contributed by atoms with Crippen molar-refractivity contribution >= 4 is 46.7 Å². The maximum atomic E-state index is 14.2. The van der Waals surface area contributed by atoms with Crippen LogP contribution >= 0.6 is 24.0 Å². The van der Waals surface area contributed by atoms with E-state index < -0.39 is 5.82 Å². The number of hydrogen-bond acceptors (Lipinski definition) is 6. The van der Waals surface area contributed by atoms with Gasteiger partial charge >= 0.3 is 0 Å². The van der Waals surface area contributed by atoms with Gasteiger partial charge in [0.1, 0.15) is 5.82 Å². The average Bonchev–Trinajstić information content (AvgIpc) is 2.64. The van der Waals surface area contributed by atoms with Gasteiger partial charge in [-0.05, 0) is 30.3 Å². The van der Waals surface area contributed by atoms with Crippen LogP contribution in [0.4, 0.5) is 15.9 Å². The van der Waals surface area contributed by atoms with Crippen LogP contribution in [0.3, 0.4) is 0 Å². The molecule has 9 heteroatoms. The van der Waals surface area contributed by atoms with Gasteiger partial charge < -0.3 is 5.32 Å². The number of anilines is 2. The summed E-state index contributed by atoms with van der Waals surface area (Å²) in [4.78, 5) is 21.2. The van der Waals surface area contributed by atoms with E-state index in [1.165, 1.54) is 24.4 Å². The lowest BCUT2D eigenvalue weighted by Gasteiger charge is -2.10. The summed E-state index contributed by atoms with van der Waals surface area (Å²) >= 11 is 5.98. The van der Waals surface area contributed by atoms with Gasteiger partial charge in [0.15, 0.2) is 22.8 Å². The zero-order valence-electron chi connectivity index (χ0n) is 13.1. The fraction of sp³-hybridized carbons (Fsp3) is 0. The van der Waals surface area contributed by atoms with Gasteiger partial charge in [0, 0.05) is 35.5 Å². The Labute approximate surface area is 158 Å². The molecule has 3 heterocycles. The van der Waals surface area contributed by atoms with Crippen molar-refractivity contribution in [2.45, 2.75) is 0 Å². The minimum atomic E-state index is -0.470. The molecular formula is C17H11Cl2FN6. The van der Waals surface area contributed by atoms with E-state index in [2.05, 4.69) is 30.2 Å². The van der Waals surface area contributed by atoms with Crippen LogP contribution in [0.2, 0.25) is 5.02 Å². The first-order chi connectivity index (χ1) is 12.2. The second-order valence-electron chi connectivity index (χ2n) is 5.11. The summed E-state index contributed by atoms with van der Waals surface area (Å²) in [5.41, 5.74) is 1.78. The highest BCUT2D eigenvalue weighted by molar-refractivity contribution is 6.30. The number of rotatable bonds is 3. The molecule has 0 spiro atoms. The van der Waals surface area contributed by atoms with Crippen LogP contribution in [0.15, 0.2) is 55.1 Å². The predicted molar refractivity (Wildman–Crippen MR) is 100 cm³/mol. The van der Waals surface area contributed by atoms with E-state index in [4.69, 9.17) is 11.6 Å². The van der Waals surface area contributed by atoms with Crippen LogP contribution in [0.1, 0.15) is 0 Å². The third kappa shape index (κ3) is 3.54. The number of aromatic nitrogens is 5. The zero-order valence-corrected chi connectivity index (χ0v) is 14.7. The van der Waals surface area contributed by atoms with Crippen molar-refractivity contribution in [2.75, 3.05) is 5.32 Å². The third-order valence-corrected chi connectivity index (χ3v) is 3.68. The predicted octanol–water partition coefficient (Wildman–Crippen LogP) is 4.44. The Morgan fingerprint density at radius 2 is 1.69 bits per heavy atom. The van der Waals surface area contributed by atoms with E-state index >= 15 is 0 Å². The van der Waals surface area contributed by atoms with Gasteiger partial charge in [-0.25, -0.2) is 24.3 Å². The van der Waals surface area contributed by atoms with Crippen molar-refractivity contribution in [3.05, 3.63) is 66.0 Å². The van der Waals surface area contributed by atoms with Gasteiger partial charge in [-0.2, -0.15) is 0 Å². The smallest absolute Gasteiger partial charge is 0.184 e. The van der Waals surface area contributed by atoms with Gasteiger partial charge in [-0.3, -0.25) is 4.98 Å². The zero-order chi connectivity index (χ0) is 17.2. The standard InChI is InChI=1S/C17H10ClFN6.ClH/c18-10-1-2-13(19)12(9-10)15-24-16-14(21-7-8-22-16)17(25-15)23-11-3-5-20-6-4-11;/h1-9H,(H,20,22,23,24,25);1H. The number of hydrogen-bond donors (Lipinski definition) is 1. The Bertz CT molecular complexity index is 1060. The molecule has 26 heavy (non-hydrogen) atoms. The molecule has 1 aromatic carbocycles. The van der Waals surface area contributed by atoms with E-state index in [1.807, 2.05) is 0 Å². The van der Waals surface area contributed by atoms with Crippen molar-refractivity contribution in [3.63, 3.8) is 0 Å². The first-order valence-electron chi connectivity index (χ1n) is 7.32. The molecule has 0 unspecified atom stereocenters. The van der Waals surface area contributed by atoms with Gasteiger partial charge in [-0.1, -0.05) is 11.6 Å². The van der Waals surface area contributed by atoms with E-state index in [0.717, 1.165) is 5.69 Å². The summed E-state index contributed by atoms with van der Waals surface area (Å²) in [6.07, 6.45) is 6.36. The third-order valence-electron chi connectivity index (χ3n) is 3.45. The monoisotopic (exact) mass is 388 g/mol. The maximum absolute atomic E-state index is 14.2. The number of pyridine rings is 1. The van der Waals surface area contributed by atoms with E-state index in [0.29, 0.717) is 22.0 Å². The van der Waals surface area contributed by atoms with E-state index in [9.17, 15) is 4.39 Å². The first kappa shape index (κ1) is 17.9. The quantitative estimate of drug-likeness (QED) is 0.558. The van der Waals surface area contributed by atoms with E-state index in [1.54, 1.807) is 30.7 Å². The normalized spacial score (nSPS) is 10.4. The van der Waals surface area contributed by atoms with Crippen molar-refractivity contribution in [1.29, 1.82) is 0 Å². The molecule has 130 valence electrons. The van der Waals surface area contributed by atoms with Crippen molar-refractivity contribution in [1.82, 2.24) is 24.9 Å². The molecule has 0 aliphatic heterocycles. The molecule has 3 aromatic heterocycles. The minimum absolute atomic E-state index is 0. The molecule has 6 nitrogen and oxygen atoms in total. The van der Waals surface area contributed by atoms with Crippen LogP contribution in [0.5, 0.6) is 0 Å². The fourth-order valence-electron chi connectivity index (χ4n) is 2.31. The van der Waals surface area contributed by atoms with Crippen LogP contribution < -0.4 is 5.32 Å². The van der Waals surface area contributed by atoms with Crippen molar-refractivity contribution < 1.29 is 4.39 Å². The summed E-state index contributed by atoms with van der Waals surface area (Å²) < 4.78 is 14.2. The Hall–Kier alpha value is -2.90. The summed E-state index contributed by atoms with van der Waals surface area (Å²) in [5.74, 6) is 0.116. The van der Waals surface area contributed by atoms with Gasteiger partial charge in [-0.15, -0.1) is 12.4 Å². The van der Waals surface area contributed by atoms with E-state index in [-0.39, 0.29) is 23.8 Å². The molecule has 0 fully saturated rings. The number of nitrogens with zero attached hydrogens (tertiary/aromatic N) is 5. The summed E-state index contributed by atoms with van der Waals surface area (Å²) in [6.45, 7) is 0. The number of nitrogens with one attached hydrogen (secondary N) is 1.